The van der Waals surface area contributed by atoms with Gasteiger partial charge in [-0.1, -0.05) is 18.2 Å². The zero-order chi connectivity index (χ0) is 13.2. The highest BCUT2D eigenvalue weighted by atomic mass is 35.5. The van der Waals surface area contributed by atoms with Gasteiger partial charge in [-0.2, -0.15) is 0 Å². The van der Waals surface area contributed by atoms with Crippen molar-refractivity contribution >= 4 is 28.4 Å². The summed E-state index contributed by atoms with van der Waals surface area (Å²) in [6.07, 6.45) is 1.69. The molecule has 0 spiro atoms. The molecule has 0 aliphatic carbocycles. The van der Waals surface area contributed by atoms with Crippen molar-refractivity contribution in [3.05, 3.63) is 42.1 Å². The van der Waals surface area contributed by atoms with Crippen molar-refractivity contribution in [3.8, 4) is 0 Å². The van der Waals surface area contributed by atoms with Crippen LogP contribution in [0.5, 0.6) is 0 Å². The zero-order valence-corrected chi connectivity index (χ0v) is 11.2. The van der Waals surface area contributed by atoms with Gasteiger partial charge in [0.15, 0.2) is 0 Å². The van der Waals surface area contributed by atoms with Gasteiger partial charge in [0.1, 0.15) is 0 Å². The Labute approximate surface area is 111 Å². The number of carbonyl (C=O) groups is 1. The maximum absolute atomic E-state index is 12.2. The maximum Gasteiger partial charge on any atom is 0.253 e. The number of amides is 1. The van der Waals surface area contributed by atoms with Crippen LogP contribution in [0.1, 0.15) is 24.2 Å². The number of hydrogen-bond donors (Lipinski definition) is 1. The molecule has 4 heteroatoms. The maximum atomic E-state index is 12.2. The van der Waals surface area contributed by atoms with Crippen molar-refractivity contribution < 1.29 is 4.79 Å². The van der Waals surface area contributed by atoms with Gasteiger partial charge in [0.05, 0.1) is 11.1 Å². The topological polar surface area (TPSA) is 42.0 Å². The third-order valence-electron chi connectivity index (χ3n) is 2.66. The molecule has 0 aliphatic heterocycles. The first-order valence-electron chi connectivity index (χ1n) is 5.76. The number of alkyl halides is 1. The van der Waals surface area contributed by atoms with Crippen LogP contribution >= 0.6 is 11.6 Å². The Hall–Kier alpha value is -1.61. The number of carbonyl (C=O) groups excluding carboxylic acids is 1. The second-order valence-electron chi connectivity index (χ2n) is 4.85. The third-order valence-corrected chi connectivity index (χ3v) is 3.33. The summed E-state index contributed by atoms with van der Waals surface area (Å²) in [5.41, 5.74) is 0.851. The lowest BCUT2D eigenvalue weighted by Crippen LogP contribution is -2.45. The zero-order valence-electron chi connectivity index (χ0n) is 10.4. The smallest absolute Gasteiger partial charge is 0.253 e. The fourth-order valence-electron chi connectivity index (χ4n) is 1.70. The highest BCUT2D eigenvalue weighted by molar-refractivity contribution is 6.19. The van der Waals surface area contributed by atoms with Gasteiger partial charge in [-0.15, -0.1) is 11.6 Å². The molecule has 1 N–H and O–H groups in total. The van der Waals surface area contributed by atoms with E-state index in [0.29, 0.717) is 17.0 Å². The van der Waals surface area contributed by atoms with Crippen LogP contribution in [0.2, 0.25) is 0 Å². The average molecular weight is 263 g/mol. The van der Waals surface area contributed by atoms with Gasteiger partial charge in [-0.3, -0.25) is 9.78 Å². The molecule has 0 fully saturated rings. The molecule has 0 unspecified atom stereocenters. The van der Waals surface area contributed by atoms with Crippen molar-refractivity contribution in [2.45, 2.75) is 19.4 Å². The number of fused-ring (bicyclic) bond motifs is 1. The lowest BCUT2D eigenvalue weighted by molar-refractivity contribution is 0.0922. The molecule has 3 nitrogen and oxygen atoms in total. The predicted octanol–water partition coefficient (Wildman–Crippen LogP) is 2.98. The van der Waals surface area contributed by atoms with Crippen molar-refractivity contribution in [3.63, 3.8) is 0 Å². The van der Waals surface area contributed by atoms with E-state index in [0.717, 1.165) is 5.39 Å². The SMILES string of the molecule is CC(C)(CCl)NC(=O)c1cccc2cccnc12. The van der Waals surface area contributed by atoms with E-state index < -0.39 is 5.54 Å². The lowest BCUT2D eigenvalue weighted by atomic mass is 10.1. The van der Waals surface area contributed by atoms with E-state index in [1.165, 1.54) is 0 Å². The van der Waals surface area contributed by atoms with Crippen molar-refractivity contribution in [1.82, 2.24) is 10.3 Å². The fourth-order valence-corrected chi connectivity index (χ4v) is 1.76. The summed E-state index contributed by atoms with van der Waals surface area (Å²) in [6, 6.07) is 9.35. The van der Waals surface area contributed by atoms with Gasteiger partial charge in [-0.25, -0.2) is 0 Å². The largest absolute Gasteiger partial charge is 0.346 e. The Morgan fingerprint density at radius 1 is 1.33 bits per heavy atom. The molecule has 94 valence electrons. The van der Waals surface area contributed by atoms with Crippen molar-refractivity contribution in [1.29, 1.82) is 0 Å². The van der Waals surface area contributed by atoms with Gasteiger partial charge in [0.2, 0.25) is 0 Å². The van der Waals surface area contributed by atoms with E-state index in [2.05, 4.69) is 10.3 Å². The van der Waals surface area contributed by atoms with Crippen molar-refractivity contribution in [2.75, 3.05) is 5.88 Å². The third kappa shape index (κ3) is 2.62. The number of pyridine rings is 1. The summed E-state index contributed by atoms with van der Waals surface area (Å²) < 4.78 is 0. The first-order valence-corrected chi connectivity index (χ1v) is 6.29. The molecule has 0 saturated heterocycles. The molecule has 1 heterocycles. The summed E-state index contributed by atoms with van der Waals surface area (Å²) in [5.74, 6) is 0.210. The van der Waals surface area contributed by atoms with Crippen LogP contribution in [0, 0.1) is 0 Å². The highest BCUT2D eigenvalue weighted by Crippen LogP contribution is 2.17. The average Bonchev–Trinajstić information content (AvgIpc) is 2.37. The quantitative estimate of drug-likeness (QED) is 0.864. The van der Waals surface area contributed by atoms with E-state index in [9.17, 15) is 4.79 Å². The van der Waals surface area contributed by atoms with E-state index in [1.807, 2.05) is 38.1 Å². The van der Waals surface area contributed by atoms with Crippen LogP contribution in [0.3, 0.4) is 0 Å². The number of rotatable bonds is 3. The molecule has 2 rings (SSSR count). The van der Waals surface area contributed by atoms with Crippen LogP contribution in [-0.2, 0) is 0 Å². The minimum atomic E-state index is -0.435. The summed E-state index contributed by atoms with van der Waals surface area (Å²) in [4.78, 5) is 16.5. The Bertz CT molecular complexity index is 576. The number of aromatic nitrogens is 1. The molecule has 0 radical (unpaired) electrons. The predicted molar refractivity (Wildman–Crippen MR) is 74.0 cm³/mol. The summed E-state index contributed by atoms with van der Waals surface area (Å²) >= 11 is 5.81. The number of para-hydroxylation sites is 1. The van der Waals surface area contributed by atoms with Gasteiger partial charge < -0.3 is 5.32 Å². The highest BCUT2D eigenvalue weighted by Gasteiger charge is 2.21. The Morgan fingerprint density at radius 3 is 2.78 bits per heavy atom. The van der Waals surface area contributed by atoms with Gasteiger partial charge in [0.25, 0.3) is 5.91 Å². The van der Waals surface area contributed by atoms with Crippen LogP contribution in [0.4, 0.5) is 0 Å². The second-order valence-corrected chi connectivity index (χ2v) is 5.12. The van der Waals surface area contributed by atoms with E-state index >= 15 is 0 Å². The van der Waals surface area contributed by atoms with Crippen LogP contribution < -0.4 is 5.32 Å². The number of hydrogen-bond acceptors (Lipinski definition) is 2. The summed E-state index contributed by atoms with van der Waals surface area (Å²) in [6.45, 7) is 3.77. The first kappa shape index (κ1) is 12.8. The summed E-state index contributed by atoms with van der Waals surface area (Å²) in [5, 5.41) is 3.86. The molecule has 0 saturated carbocycles. The molecule has 1 aromatic carbocycles. The van der Waals surface area contributed by atoms with Gasteiger partial charge in [0, 0.05) is 23.0 Å². The molecule has 0 bridgehead atoms. The van der Waals surface area contributed by atoms with Crippen LogP contribution in [0.25, 0.3) is 10.9 Å². The molecule has 0 aliphatic rings. The first-order chi connectivity index (χ1) is 8.53. The molecule has 1 aromatic heterocycles. The molecule has 0 atom stereocenters. The lowest BCUT2D eigenvalue weighted by Gasteiger charge is -2.23. The minimum Gasteiger partial charge on any atom is -0.346 e. The normalized spacial score (nSPS) is 11.5. The fraction of sp³-hybridized carbons (Fsp3) is 0.286. The van der Waals surface area contributed by atoms with Crippen LogP contribution in [0.15, 0.2) is 36.5 Å². The number of halogens is 1. The number of nitrogens with zero attached hydrogens (tertiary/aromatic N) is 1. The molecule has 1 amide bonds. The minimum absolute atomic E-state index is 0.148. The molecule has 2 aromatic rings. The Balaban J connectivity index is 2.39. The Morgan fingerprint density at radius 2 is 2.06 bits per heavy atom. The monoisotopic (exact) mass is 262 g/mol. The Kier molecular flexibility index (Phi) is 3.53. The van der Waals surface area contributed by atoms with Crippen LogP contribution in [-0.4, -0.2) is 22.3 Å². The van der Waals surface area contributed by atoms with E-state index in [-0.39, 0.29) is 5.91 Å². The number of benzene rings is 1. The van der Waals surface area contributed by atoms with Gasteiger partial charge >= 0.3 is 0 Å². The standard InChI is InChI=1S/C14H15ClN2O/c1-14(2,9-15)17-13(18)11-7-3-5-10-6-4-8-16-12(10)11/h3-8H,9H2,1-2H3,(H,17,18). The molecular weight excluding hydrogens is 248 g/mol. The van der Waals surface area contributed by atoms with E-state index in [1.54, 1.807) is 12.3 Å². The van der Waals surface area contributed by atoms with Crippen molar-refractivity contribution in [2.24, 2.45) is 0 Å². The number of nitrogens with one attached hydrogen (secondary N) is 1. The second kappa shape index (κ2) is 4.94. The van der Waals surface area contributed by atoms with E-state index in [4.69, 9.17) is 11.6 Å². The molecular formula is C14H15ClN2O. The van der Waals surface area contributed by atoms with Gasteiger partial charge in [-0.05, 0) is 26.0 Å². The summed E-state index contributed by atoms with van der Waals surface area (Å²) in [7, 11) is 0. The molecule has 18 heavy (non-hydrogen) atoms.